The van der Waals surface area contributed by atoms with Gasteiger partial charge in [-0.25, -0.2) is 0 Å². The molecule has 0 amide bonds. The van der Waals surface area contributed by atoms with Gasteiger partial charge in [0.05, 0.1) is 25.8 Å². The number of morpholine rings is 1. The Labute approximate surface area is 155 Å². The first-order valence-electron chi connectivity index (χ1n) is 9.13. The molecular weight excluding hydrogens is 336 g/mol. The van der Waals surface area contributed by atoms with Crippen LogP contribution in [0.5, 0.6) is 0 Å². The van der Waals surface area contributed by atoms with E-state index in [1.54, 1.807) is 7.11 Å². The minimum Gasteiger partial charge on any atom is -0.385 e. The Morgan fingerprint density at radius 3 is 2.80 bits per heavy atom. The quantitative estimate of drug-likeness (QED) is 0.397. The van der Waals surface area contributed by atoms with Crippen LogP contribution in [0.25, 0.3) is 0 Å². The summed E-state index contributed by atoms with van der Waals surface area (Å²) in [6.07, 6.45) is 0.970. The van der Waals surface area contributed by atoms with Crippen LogP contribution in [0.2, 0.25) is 0 Å². The fraction of sp³-hybridized carbons (Fsp3) is 0.722. The maximum atomic E-state index is 5.52. The summed E-state index contributed by atoms with van der Waals surface area (Å²) in [5.74, 6) is 0.880. The Kier molecular flexibility index (Phi) is 9.25. The Morgan fingerprint density at radius 2 is 2.16 bits per heavy atom. The van der Waals surface area contributed by atoms with Crippen molar-refractivity contribution in [3.05, 3.63) is 21.9 Å². The van der Waals surface area contributed by atoms with Crippen LogP contribution in [0.1, 0.15) is 29.1 Å². The highest BCUT2D eigenvalue weighted by molar-refractivity contribution is 7.12. The second-order valence-electron chi connectivity index (χ2n) is 6.11. The molecule has 142 valence electrons. The highest BCUT2D eigenvalue weighted by Gasteiger charge is 2.23. The smallest absolute Gasteiger partial charge is 0.191 e. The van der Waals surface area contributed by atoms with Crippen molar-refractivity contribution in [1.29, 1.82) is 0 Å². The number of nitrogens with one attached hydrogen (secondary N) is 2. The summed E-state index contributed by atoms with van der Waals surface area (Å²) in [6.45, 7) is 11.0. The van der Waals surface area contributed by atoms with Crippen LogP contribution in [0.4, 0.5) is 0 Å². The molecule has 25 heavy (non-hydrogen) atoms. The second kappa shape index (κ2) is 11.5. The number of aryl methyl sites for hydroxylation is 1. The van der Waals surface area contributed by atoms with Crippen molar-refractivity contribution in [2.45, 2.75) is 26.3 Å². The maximum Gasteiger partial charge on any atom is 0.191 e. The Morgan fingerprint density at radius 1 is 1.36 bits per heavy atom. The summed E-state index contributed by atoms with van der Waals surface area (Å²) in [5.41, 5.74) is 0. The van der Waals surface area contributed by atoms with E-state index in [1.807, 2.05) is 11.3 Å². The molecule has 1 aliphatic heterocycles. The fourth-order valence-corrected chi connectivity index (χ4v) is 3.85. The molecule has 6 nitrogen and oxygen atoms in total. The van der Waals surface area contributed by atoms with Crippen LogP contribution in [0.3, 0.4) is 0 Å². The second-order valence-corrected chi connectivity index (χ2v) is 7.42. The first-order chi connectivity index (χ1) is 12.2. The predicted octanol–water partition coefficient (Wildman–Crippen LogP) is 2.02. The molecule has 1 aromatic rings. The third-order valence-electron chi connectivity index (χ3n) is 4.16. The van der Waals surface area contributed by atoms with Gasteiger partial charge in [0.25, 0.3) is 0 Å². The molecule has 0 aliphatic carbocycles. The van der Waals surface area contributed by atoms with Gasteiger partial charge in [0, 0.05) is 49.6 Å². The SMILES string of the molecule is CCNC(=NCC(c1ccc(C)s1)N1CCOCC1)NCCCOC. The highest BCUT2D eigenvalue weighted by Crippen LogP contribution is 2.28. The molecule has 0 spiro atoms. The van der Waals surface area contributed by atoms with E-state index in [2.05, 4.69) is 41.5 Å². The van der Waals surface area contributed by atoms with Crippen molar-refractivity contribution in [1.82, 2.24) is 15.5 Å². The topological polar surface area (TPSA) is 58.1 Å². The molecule has 0 saturated carbocycles. The summed E-state index contributed by atoms with van der Waals surface area (Å²) in [5, 5.41) is 6.72. The Hall–Kier alpha value is -1.15. The predicted molar refractivity (Wildman–Crippen MR) is 105 cm³/mol. The first kappa shape index (κ1) is 20.2. The number of guanidine groups is 1. The van der Waals surface area contributed by atoms with Gasteiger partial charge in [0.1, 0.15) is 0 Å². The van der Waals surface area contributed by atoms with Crippen LogP contribution >= 0.6 is 11.3 Å². The van der Waals surface area contributed by atoms with E-state index in [0.717, 1.165) is 64.9 Å². The zero-order chi connectivity index (χ0) is 17.9. The van der Waals surface area contributed by atoms with Crippen molar-refractivity contribution >= 4 is 17.3 Å². The summed E-state index contributed by atoms with van der Waals surface area (Å²) in [7, 11) is 1.73. The molecule has 1 atom stereocenters. The van der Waals surface area contributed by atoms with Crippen LogP contribution in [-0.2, 0) is 9.47 Å². The maximum absolute atomic E-state index is 5.52. The van der Waals surface area contributed by atoms with Gasteiger partial charge in [0.2, 0.25) is 0 Å². The number of methoxy groups -OCH3 is 1. The van der Waals surface area contributed by atoms with Crippen molar-refractivity contribution in [3.63, 3.8) is 0 Å². The van der Waals surface area contributed by atoms with E-state index in [-0.39, 0.29) is 0 Å². The van der Waals surface area contributed by atoms with E-state index in [0.29, 0.717) is 6.04 Å². The molecule has 1 aliphatic rings. The minimum absolute atomic E-state index is 0.317. The molecule has 1 aromatic heterocycles. The summed E-state index contributed by atoms with van der Waals surface area (Å²) >= 11 is 1.87. The molecule has 2 rings (SSSR count). The molecule has 0 aromatic carbocycles. The van der Waals surface area contributed by atoms with Gasteiger partial charge in [-0.2, -0.15) is 0 Å². The fourth-order valence-electron chi connectivity index (χ4n) is 2.85. The van der Waals surface area contributed by atoms with Crippen LogP contribution < -0.4 is 10.6 Å². The van der Waals surface area contributed by atoms with Crippen molar-refractivity contribution in [2.75, 3.05) is 59.7 Å². The lowest BCUT2D eigenvalue weighted by molar-refractivity contribution is 0.0186. The lowest BCUT2D eigenvalue weighted by Gasteiger charge is -2.33. The van der Waals surface area contributed by atoms with Gasteiger partial charge in [-0.05, 0) is 32.4 Å². The minimum atomic E-state index is 0.317. The average Bonchev–Trinajstić information content (AvgIpc) is 3.06. The van der Waals surface area contributed by atoms with Gasteiger partial charge in [-0.1, -0.05) is 0 Å². The standard InChI is InChI=1S/C18H32N4O2S/c1-4-19-18(20-8-5-11-23-3)21-14-16(17-7-6-15(2)25-17)22-9-12-24-13-10-22/h6-7,16H,4-5,8-14H2,1-3H3,(H2,19,20,21). The molecule has 1 fully saturated rings. The summed E-state index contributed by atoms with van der Waals surface area (Å²) in [4.78, 5) is 10.1. The van der Waals surface area contributed by atoms with E-state index in [9.17, 15) is 0 Å². The van der Waals surface area contributed by atoms with Gasteiger partial charge < -0.3 is 20.1 Å². The van der Waals surface area contributed by atoms with E-state index < -0.39 is 0 Å². The molecule has 0 radical (unpaired) electrons. The largest absolute Gasteiger partial charge is 0.385 e. The number of hydrogen-bond acceptors (Lipinski definition) is 5. The van der Waals surface area contributed by atoms with Crippen molar-refractivity contribution in [2.24, 2.45) is 4.99 Å². The third-order valence-corrected chi connectivity index (χ3v) is 5.26. The Balaban J connectivity index is 2.02. The Bertz CT molecular complexity index is 515. The van der Waals surface area contributed by atoms with E-state index >= 15 is 0 Å². The first-order valence-corrected chi connectivity index (χ1v) is 9.95. The molecule has 1 saturated heterocycles. The van der Waals surface area contributed by atoms with Crippen LogP contribution in [0.15, 0.2) is 17.1 Å². The van der Waals surface area contributed by atoms with Crippen molar-refractivity contribution in [3.8, 4) is 0 Å². The number of ether oxygens (including phenoxy) is 2. The van der Waals surface area contributed by atoms with Crippen LogP contribution in [0, 0.1) is 6.92 Å². The molecule has 7 heteroatoms. The zero-order valence-corrected chi connectivity index (χ0v) is 16.5. The number of rotatable bonds is 9. The lowest BCUT2D eigenvalue weighted by atomic mass is 10.2. The monoisotopic (exact) mass is 368 g/mol. The number of thiophene rings is 1. The molecule has 0 bridgehead atoms. The number of hydrogen-bond donors (Lipinski definition) is 2. The average molecular weight is 369 g/mol. The molecule has 2 heterocycles. The lowest BCUT2D eigenvalue weighted by Crippen LogP contribution is -2.41. The normalized spacial score (nSPS) is 17.5. The van der Waals surface area contributed by atoms with Gasteiger partial charge in [-0.3, -0.25) is 9.89 Å². The number of nitrogens with zero attached hydrogens (tertiary/aromatic N) is 2. The summed E-state index contributed by atoms with van der Waals surface area (Å²) < 4.78 is 10.6. The van der Waals surface area contributed by atoms with Gasteiger partial charge in [-0.15, -0.1) is 11.3 Å². The van der Waals surface area contributed by atoms with E-state index in [1.165, 1.54) is 9.75 Å². The van der Waals surface area contributed by atoms with Gasteiger partial charge >= 0.3 is 0 Å². The highest BCUT2D eigenvalue weighted by atomic mass is 32.1. The molecular formula is C18H32N4O2S. The van der Waals surface area contributed by atoms with Crippen LogP contribution in [-0.4, -0.2) is 70.5 Å². The van der Waals surface area contributed by atoms with Gasteiger partial charge in [0.15, 0.2) is 5.96 Å². The van der Waals surface area contributed by atoms with Crippen molar-refractivity contribution < 1.29 is 9.47 Å². The molecule has 2 N–H and O–H groups in total. The number of aliphatic imine (C=N–C) groups is 1. The van der Waals surface area contributed by atoms with E-state index in [4.69, 9.17) is 14.5 Å². The summed E-state index contributed by atoms with van der Waals surface area (Å²) in [6, 6.07) is 4.76. The third kappa shape index (κ3) is 6.93. The zero-order valence-electron chi connectivity index (χ0n) is 15.7. The molecule has 1 unspecified atom stereocenters.